The molecule has 2 rings (SSSR count). The number of hydrogen-bond donors (Lipinski definition) is 1. The number of thioether (sulfide) groups is 1. The molecule has 1 aromatic carbocycles. The van der Waals surface area contributed by atoms with Crippen LogP contribution >= 0.6 is 11.8 Å². The Morgan fingerprint density at radius 3 is 2.52 bits per heavy atom. The van der Waals surface area contributed by atoms with Gasteiger partial charge in [-0.05, 0) is 24.6 Å². The largest absolute Gasteiger partial charge is 0.416 e. The molecular formula is C18H24F3N3O2S. The molecule has 5 nitrogen and oxygen atoms in total. The van der Waals surface area contributed by atoms with E-state index < -0.39 is 11.7 Å². The van der Waals surface area contributed by atoms with E-state index in [1.165, 1.54) is 6.07 Å². The molecule has 0 spiro atoms. The Morgan fingerprint density at radius 2 is 1.89 bits per heavy atom. The third-order valence-corrected chi connectivity index (χ3v) is 5.17. The summed E-state index contributed by atoms with van der Waals surface area (Å²) in [6.07, 6.45) is -3.50. The third-order valence-electron chi connectivity index (χ3n) is 4.19. The summed E-state index contributed by atoms with van der Waals surface area (Å²) in [4.78, 5) is 28.1. The van der Waals surface area contributed by atoms with E-state index in [9.17, 15) is 22.8 Å². The van der Waals surface area contributed by atoms with Crippen molar-refractivity contribution < 1.29 is 22.8 Å². The van der Waals surface area contributed by atoms with E-state index in [1.54, 1.807) is 11.0 Å². The summed E-state index contributed by atoms with van der Waals surface area (Å²) in [7, 11) is 0. The predicted octanol–water partition coefficient (Wildman–Crippen LogP) is 2.47. The molecule has 0 saturated carbocycles. The molecule has 1 aliphatic heterocycles. The minimum absolute atomic E-state index is 0.0169. The summed E-state index contributed by atoms with van der Waals surface area (Å²) in [6, 6.07) is 4.99. The molecule has 1 fully saturated rings. The average molecular weight is 403 g/mol. The Morgan fingerprint density at radius 1 is 1.19 bits per heavy atom. The highest BCUT2D eigenvalue weighted by Crippen LogP contribution is 2.31. The van der Waals surface area contributed by atoms with Gasteiger partial charge in [0.2, 0.25) is 11.8 Å². The molecule has 150 valence electrons. The monoisotopic (exact) mass is 403 g/mol. The smallest absolute Gasteiger partial charge is 0.355 e. The minimum Gasteiger partial charge on any atom is -0.355 e. The predicted molar refractivity (Wildman–Crippen MR) is 98.5 cm³/mol. The minimum atomic E-state index is -4.39. The van der Waals surface area contributed by atoms with Crippen molar-refractivity contribution in [2.24, 2.45) is 0 Å². The van der Waals surface area contributed by atoms with Crippen LogP contribution in [0.2, 0.25) is 0 Å². The Kier molecular flexibility index (Phi) is 7.97. The van der Waals surface area contributed by atoms with Crippen LogP contribution < -0.4 is 5.32 Å². The van der Waals surface area contributed by atoms with Crippen LogP contribution in [0.25, 0.3) is 0 Å². The number of amides is 2. The number of hydrogen-bond acceptors (Lipinski definition) is 4. The van der Waals surface area contributed by atoms with Crippen molar-refractivity contribution in [3.05, 3.63) is 29.8 Å². The molecule has 1 heterocycles. The fraction of sp³-hybridized carbons (Fsp3) is 0.556. The van der Waals surface area contributed by atoms with Crippen molar-refractivity contribution in [1.29, 1.82) is 0 Å². The molecule has 0 unspecified atom stereocenters. The lowest BCUT2D eigenvalue weighted by molar-refractivity contribution is -0.137. The fourth-order valence-electron chi connectivity index (χ4n) is 2.68. The van der Waals surface area contributed by atoms with Gasteiger partial charge in [0.25, 0.3) is 0 Å². The Balaban J connectivity index is 1.76. The summed E-state index contributed by atoms with van der Waals surface area (Å²) in [5, 5.41) is 2.82. The number of nitrogens with one attached hydrogen (secondary N) is 1. The van der Waals surface area contributed by atoms with Gasteiger partial charge in [-0.25, -0.2) is 0 Å². The van der Waals surface area contributed by atoms with Gasteiger partial charge in [-0.15, -0.1) is 11.8 Å². The zero-order valence-corrected chi connectivity index (χ0v) is 16.0. The number of nitrogens with zero attached hydrogens (tertiary/aromatic N) is 2. The maximum Gasteiger partial charge on any atom is 0.416 e. The Hall–Kier alpha value is -1.74. The van der Waals surface area contributed by atoms with Crippen molar-refractivity contribution in [3.8, 4) is 0 Å². The van der Waals surface area contributed by atoms with E-state index in [1.807, 2.05) is 11.8 Å². The first-order chi connectivity index (χ1) is 12.8. The second kappa shape index (κ2) is 9.98. The number of piperazine rings is 1. The summed E-state index contributed by atoms with van der Waals surface area (Å²) in [5.74, 6) is -0.0256. The van der Waals surface area contributed by atoms with E-state index in [2.05, 4.69) is 5.32 Å². The van der Waals surface area contributed by atoms with Gasteiger partial charge < -0.3 is 10.2 Å². The normalized spacial score (nSPS) is 15.6. The highest BCUT2D eigenvalue weighted by Gasteiger charge is 2.30. The molecule has 1 aromatic rings. The lowest BCUT2D eigenvalue weighted by atomic mass is 10.2. The highest BCUT2D eigenvalue weighted by atomic mass is 32.2. The van der Waals surface area contributed by atoms with E-state index in [-0.39, 0.29) is 17.6 Å². The average Bonchev–Trinajstić information content (AvgIpc) is 2.64. The van der Waals surface area contributed by atoms with Gasteiger partial charge in [-0.1, -0.05) is 13.0 Å². The lowest BCUT2D eigenvalue weighted by Gasteiger charge is -2.34. The Labute approximate surface area is 161 Å². The number of benzene rings is 1. The van der Waals surface area contributed by atoms with Crippen molar-refractivity contribution in [3.63, 3.8) is 0 Å². The topological polar surface area (TPSA) is 52.7 Å². The summed E-state index contributed by atoms with van der Waals surface area (Å²) in [6.45, 7) is 5.22. The van der Waals surface area contributed by atoms with Gasteiger partial charge >= 0.3 is 6.18 Å². The number of carbonyl (C=O) groups is 2. The number of alkyl halides is 3. The van der Waals surface area contributed by atoms with Crippen molar-refractivity contribution in [2.45, 2.75) is 24.4 Å². The van der Waals surface area contributed by atoms with Crippen LogP contribution in [0.3, 0.4) is 0 Å². The van der Waals surface area contributed by atoms with Crippen molar-refractivity contribution >= 4 is 23.6 Å². The van der Waals surface area contributed by atoms with E-state index in [0.29, 0.717) is 44.2 Å². The highest BCUT2D eigenvalue weighted by molar-refractivity contribution is 8.00. The molecule has 0 bridgehead atoms. The first-order valence-corrected chi connectivity index (χ1v) is 9.85. The van der Waals surface area contributed by atoms with E-state index in [4.69, 9.17) is 0 Å². The molecule has 1 saturated heterocycles. The van der Waals surface area contributed by atoms with E-state index in [0.717, 1.165) is 30.3 Å². The van der Waals surface area contributed by atoms with E-state index >= 15 is 0 Å². The quantitative estimate of drug-likeness (QED) is 0.711. The molecule has 0 aromatic heterocycles. The number of rotatable bonds is 7. The SMILES string of the molecule is CCCNC(=O)CN1CCN(C(=O)CSc2cccc(C(F)(F)F)c2)CC1. The van der Waals surface area contributed by atoms with Gasteiger partial charge in [0.1, 0.15) is 0 Å². The molecular weight excluding hydrogens is 379 g/mol. The first-order valence-electron chi connectivity index (χ1n) is 8.86. The summed E-state index contributed by atoms with van der Waals surface area (Å²) < 4.78 is 38.2. The second-order valence-electron chi connectivity index (χ2n) is 6.32. The van der Waals surface area contributed by atoms with Crippen LogP contribution in [0.1, 0.15) is 18.9 Å². The number of carbonyl (C=O) groups excluding carboxylic acids is 2. The zero-order chi connectivity index (χ0) is 19.9. The van der Waals surface area contributed by atoms with Gasteiger partial charge in [0.15, 0.2) is 0 Å². The lowest BCUT2D eigenvalue weighted by Crippen LogP contribution is -2.51. The summed E-state index contributed by atoms with van der Waals surface area (Å²) in [5.41, 5.74) is -0.713. The number of halogens is 3. The maximum absolute atomic E-state index is 12.7. The maximum atomic E-state index is 12.7. The van der Waals surface area contributed by atoms with Gasteiger partial charge in [0, 0.05) is 37.6 Å². The van der Waals surface area contributed by atoms with Crippen LogP contribution in [-0.4, -0.2) is 66.6 Å². The third kappa shape index (κ3) is 7.06. The zero-order valence-electron chi connectivity index (χ0n) is 15.2. The Bertz CT molecular complexity index is 647. The molecule has 9 heteroatoms. The van der Waals surface area contributed by atoms with Crippen LogP contribution in [0.4, 0.5) is 13.2 Å². The fourth-order valence-corrected chi connectivity index (χ4v) is 3.54. The van der Waals surface area contributed by atoms with Gasteiger partial charge in [0.05, 0.1) is 17.9 Å². The molecule has 0 atom stereocenters. The van der Waals surface area contributed by atoms with Crippen LogP contribution in [0.5, 0.6) is 0 Å². The molecule has 1 N–H and O–H groups in total. The molecule has 27 heavy (non-hydrogen) atoms. The molecule has 0 aliphatic carbocycles. The molecule has 2 amide bonds. The second-order valence-corrected chi connectivity index (χ2v) is 7.37. The first kappa shape index (κ1) is 21.6. The van der Waals surface area contributed by atoms with Crippen molar-refractivity contribution in [1.82, 2.24) is 15.1 Å². The van der Waals surface area contributed by atoms with Gasteiger partial charge in [-0.2, -0.15) is 13.2 Å². The van der Waals surface area contributed by atoms with Crippen LogP contribution in [-0.2, 0) is 15.8 Å². The molecule has 1 aliphatic rings. The standard InChI is InChI=1S/C18H24F3N3O2S/c1-2-6-22-16(25)12-23-7-9-24(10-8-23)17(26)13-27-15-5-3-4-14(11-15)18(19,20)21/h3-5,11H,2,6-10,12-13H2,1H3,(H,22,25). The van der Waals surface area contributed by atoms with Gasteiger partial charge in [-0.3, -0.25) is 14.5 Å². The summed E-state index contributed by atoms with van der Waals surface area (Å²) >= 11 is 1.10. The molecule has 0 radical (unpaired) electrons. The van der Waals surface area contributed by atoms with Crippen molar-refractivity contribution in [2.75, 3.05) is 45.0 Å². The van der Waals surface area contributed by atoms with Crippen LogP contribution in [0, 0.1) is 0 Å². The van der Waals surface area contributed by atoms with Crippen LogP contribution in [0.15, 0.2) is 29.2 Å².